The fourth-order valence-corrected chi connectivity index (χ4v) is 2.72. The molecule has 0 aliphatic carbocycles. The minimum atomic E-state index is 0.0929. The monoisotopic (exact) mass is 343 g/mol. The van der Waals surface area contributed by atoms with E-state index in [0.717, 1.165) is 42.6 Å². The Morgan fingerprint density at radius 1 is 1.40 bits per heavy atom. The molecular weight excluding hydrogens is 322 g/mol. The third kappa shape index (κ3) is 4.74. The maximum absolute atomic E-state index is 8.63. The number of halogens is 1. The van der Waals surface area contributed by atoms with Crippen molar-refractivity contribution in [1.29, 1.82) is 0 Å². The largest absolute Gasteiger partial charge is 0.493 e. The number of hydrogen-bond donors (Lipinski definition) is 2. The van der Waals surface area contributed by atoms with Crippen LogP contribution in [0.3, 0.4) is 0 Å². The zero-order valence-corrected chi connectivity index (χ0v) is 13.2. The van der Waals surface area contributed by atoms with Crippen molar-refractivity contribution in [3.63, 3.8) is 0 Å². The first-order chi connectivity index (χ1) is 9.81. The SMILES string of the molecule is OCCOCCCNC1CCCOc2cc(Br)ccc21. The molecule has 1 aromatic rings. The number of nitrogens with one attached hydrogen (secondary N) is 1. The van der Waals surface area contributed by atoms with Gasteiger partial charge in [-0.1, -0.05) is 22.0 Å². The van der Waals surface area contributed by atoms with Crippen molar-refractivity contribution < 1.29 is 14.6 Å². The Morgan fingerprint density at radius 3 is 3.15 bits per heavy atom. The van der Waals surface area contributed by atoms with Crippen molar-refractivity contribution >= 4 is 15.9 Å². The van der Waals surface area contributed by atoms with Crippen LogP contribution in [0.2, 0.25) is 0 Å². The molecule has 4 nitrogen and oxygen atoms in total. The van der Waals surface area contributed by atoms with E-state index in [-0.39, 0.29) is 6.61 Å². The second-order valence-corrected chi connectivity index (χ2v) is 5.78. The van der Waals surface area contributed by atoms with E-state index in [2.05, 4.69) is 33.4 Å². The number of rotatable bonds is 7. The second kappa shape index (κ2) is 8.62. The maximum atomic E-state index is 8.63. The summed E-state index contributed by atoms with van der Waals surface area (Å²) in [7, 11) is 0. The van der Waals surface area contributed by atoms with Crippen molar-refractivity contribution in [3.05, 3.63) is 28.2 Å². The van der Waals surface area contributed by atoms with E-state index in [1.165, 1.54) is 5.56 Å². The van der Waals surface area contributed by atoms with E-state index < -0.39 is 0 Å². The summed E-state index contributed by atoms with van der Waals surface area (Å²) in [5.41, 5.74) is 1.24. The van der Waals surface area contributed by atoms with E-state index in [4.69, 9.17) is 14.6 Å². The Kier molecular flexibility index (Phi) is 6.79. The molecule has 1 aliphatic rings. The summed E-state index contributed by atoms with van der Waals surface area (Å²) in [5.74, 6) is 0.978. The van der Waals surface area contributed by atoms with Gasteiger partial charge in [-0.2, -0.15) is 0 Å². The van der Waals surface area contributed by atoms with Gasteiger partial charge in [0.25, 0.3) is 0 Å². The molecule has 0 aromatic heterocycles. The molecule has 2 rings (SSSR count). The number of hydrogen-bond acceptors (Lipinski definition) is 4. The molecule has 1 aliphatic heterocycles. The third-order valence-electron chi connectivity index (χ3n) is 3.34. The van der Waals surface area contributed by atoms with Gasteiger partial charge in [0, 0.05) is 22.7 Å². The van der Waals surface area contributed by atoms with Gasteiger partial charge in [0.2, 0.25) is 0 Å². The highest BCUT2D eigenvalue weighted by Crippen LogP contribution is 2.33. The molecule has 0 fully saturated rings. The van der Waals surface area contributed by atoms with Crippen molar-refractivity contribution in [1.82, 2.24) is 5.32 Å². The number of fused-ring (bicyclic) bond motifs is 1. The van der Waals surface area contributed by atoms with Crippen LogP contribution in [0.5, 0.6) is 5.75 Å². The molecule has 1 heterocycles. The van der Waals surface area contributed by atoms with Gasteiger partial charge in [-0.3, -0.25) is 0 Å². The minimum absolute atomic E-state index is 0.0929. The van der Waals surface area contributed by atoms with E-state index in [1.54, 1.807) is 0 Å². The zero-order valence-electron chi connectivity index (χ0n) is 11.6. The Balaban J connectivity index is 1.85. The molecule has 5 heteroatoms. The minimum Gasteiger partial charge on any atom is -0.493 e. The standard InChI is InChI=1S/C15H22BrNO3/c16-12-4-5-13-14(3-1-9-20-15(13)11-12)17-6-2-8-19-10-7-18/h4-5,11,14,17-18H,1-3,6-10H2. The van der Waals surface area contributed by atoms with Gasteiger partial charge >= 0.3 is 0 Å². The predicted octanol–water partition coefficient (Wildman–Crippen LogP) is 2.65. The number of ether oxygens (including phenoxy) is 2. The van der Waals surface area contributed by atoms with Gasteiger partial charge < -0.3 is 19.9 Å². The predicted molar refractivity (Wildman–Crippen MR) is 82.1 cm³/mol. The summed E-state index contributed by atoms with van der Waals surface area (Å²) in [6, 6.07) is 6.58. The van der Waals surface area contributed by atoms with Gasteiger partial charge in [-0.05, 0) is 37.9 Å². The highest BCUT2D eigenvalue weighted by atomic mass is 79.9. The Bertz CT molecular complexity index is 414. The molecule has 20 heavy (non-hydrogen) atoms. The molecule has 0 bridgehead atoms. The first-order valence-corrected chi connectivity index (χ1v) is 7.95. The van der Waals surface area contributed by atoms with E-state index in [0.29, 0.717) is 19.3 Å². The molecule has 1 aromatic carbocycles. The lowest BCUT2D eigenvalue weighted by Gasteiger charge is -2.18. The van der Waals surface area contributed by atoms with Gasteiger partial charge in [0.05, 0.1) is 19.8 Å². The molecule has 0 radical (unpaired) electrons. The van der Waals surface area contributed by atoms with Crippen molar-refractivity contribution in [2.24, 2.45) is 0 Å². The Hall–Kier alpha value is -0.620. The lowest BCUT2D eigenvalue weighted by molar-refractivity contribution is 0.0903. The zero-order chi connectivity index (χ0) is 14.2. The van der Waals surface area contributed by atoms with E-state index in [9.17, 15) is 0 Å². The third-order valence-corrected chi connectivity index (χ3v) is 3.83. The van der Waals surface area contributed by atoms with Crippen LogP contribution in [0.4, 0.5) is 0 Å². The lowest BCUT2D eigenvalue weighted by Crippen LogP contribution is -2.23. The van der Waals surface area contributed by atoms with E-state index in [1.807, 2.05) is 6.07 Å². The van der Waals surface area contributed by atoms with Crippen molar-refractivity contribution in [3.8, 4) is 5.75 Å². The number of benzene rings is 1. The topological polar surface area (TPSA) is 50.7 Å². The fourth-order valence-electron chi connectivity index (χ4n) is 2.38. The molecule has 2 N–H and O–H groups in total. The molecule has 0 amide bonds. The second-order valence-electron chi connectivity index (χ2n) is 4.87. The average Bonchev–Trinajstić information content (AvgIpc) is 2.64. The Labute approximate surface area is 128 Å². The summed E-state index contributed by atoms with van der Waals surface area (Å²) in [6.45, 7) is 2.89. The fraction of sp³-hybridized carbons (Fsp3) is 0.600. The smallest absolute Gasteiger partial charge is 0.125 e. The van der Waals surface area contributed by atoms with Gasteiger partial charge in [0.15, 0.2) is 0 Å². The van der Waals surface area contributed by atoms with Crippen LogP contribution in [0.1, 0.15) is 30.9 Å². The first kappa shape index (κ1) is 15.8. The van der Waals surface area contributed by atoms with Gasteiger partial charge in [0.1, 0.15) is 5.75 Å². The Morgan fingerprint density at radius 2 is 2.30 bits per heavy atom. The number of aliphatic hydroxyl groups excluding tert-OH is 1. The molecule has 112 valence electrons. The summed E-state index contributed by atoms with van der Waals surface area (Å²) >= 11 is 3.49. The molecular formula is C15H22BrNO3. The summed E-state index contributed by atoms with van der Waals surface area (Å²) in [4.78, 5) is 0. The van der Waals surface area contributed by atoms with Crippen LogP contribution in [-0.4, -0.2) is 38.1 Å². The van der Waals surface area contributed by atoms with Gasteiger partial charge in [-0.25, -0.2) is 0 Å². The first-order valence-electron chi connectivity index (χ1n) is 7.15. The number of aliphatic hydroxyl groups is 1. The molecule has 0 saturated heterocycles. The van der Waals surface area contributed by atoms with Crippen LogP contribution in [0.15, 0.2) is 22.7 Å². The highest BCUT2D eigenvalue weighted by Gasteiger charge is 2.19. The van der Waals surface area contributed by atoms with Crippen molar-refractivity contribution in [2.45, 2.75) is 25.3 Å². The average molecular weight is 344 g/mol. The van der Waals surface area contributed by atoms with Crippen LogP contribution < -0.4 is 10.1 Å². The van der Waals surface area contributed by atoms with E-state index >= 15 is 0 Å². The van der Waals surface area contributed by atoms with Crippen molar-refractivity contribution in [2.75, 3.05) is 33.0 Å². The molecule has 1 atom stereocenters. The van der Waals surface area contributed by atoms with Crippen LogP contribution >= 0.6 is 15.9 Å². The molecule has 1 unspecified atom stereocenters. The lowest BCUT2D eigenvalue weighted by atomic mass is 10.0. The van der Waals surface area contributed by atoms with Gasteiger partial charge in [-0.15, -0.1) is 0 Å². The summed E-state index contributed by atoms with van der Waals surface area (Å²) < 4.78 is 12.1. The summed E-state index contributed by atoms with van der Waals surface area (Å²) in [5, 5.41) is 12.2. The maximum Gasteiger partial charge on any atom is 0.125 e. The molecule has 0 saturated carbocycles. The quantitative estimate of drug-likeness (QED) is 0.747. The normalized spacial score (nSPS) is 18.2. The van der Waals surface area contributed by atoms with Crippen LogP contribution in [-0.2, 0) is 4.74 Å². The van der Waals surface area contributed by atoms with Crippen LogP contribution in [0.25, 0.3) is 0 Å². The highest BCUT2D eigenvalue weighted by molar-refractivity contribution is 9.10. The van der Waals surface area contributed by atoms with Crippen LogP contribution in [0, 0.1) is 0 Å². The summed E-state index contributed by atoms with van der Waals surface area (Å²) in [6.07, 6.45) is 3.10. The molecule has 0 spiro atoms.